The smallest absolute Gasteiger partial charge is 0.307 e. The third kappa shape index (κ3) is 3.70. The SMILES string of the molecule is CCc1ccc(S(=O)(=O)N2CCNC(=O)C2CC(=O)OC)cc1. The molecule has 1 aliphatic rings. The Labute approximate surface area is 135 Å². The second kappa shape index (κ2) is 7.10. The highest BCUT2D eigenvalue weighted by Gasteiger charge is 2.39. The minimum atomic E-state index is -3.86. The van der Waals surface area contributed by atoms with Crippen LogP contribution in [0.5, 0.6) is 0 Å². The van der Waals surface area contributed by atoms with Crippen molar-refractivity contribution in [3.05, 3.63) is 29.8 Å². The molecule has 1 fully saturated rings. The Morgan fingerprint density at radius 3 is 2.57 bits per heavy atom. The van der Waals surface area contributed by atoms with Crippen molar-refractivity contribution in [2.75, 3.05) is 20.2 Å². The number of rotatable bonds is 5. The Balaban J connectivity index is 2.33. The maximum atomic E-state index is 12.8. The fourth-order valence-corrected chi connectivity index (χ4v) is 4.04. The molecule has 0 aromatic heterocycles. The maximum Gasteiger partial charge on any atom is 0.307 e. The molecule has 1 aliphatic heterocycles. The van der Waals surface area contributed by atoms with E-state index < -0.39 is 27.9 Å². The highest BCUT2D eigenvalue weighted by molar-refractivity contribution is 7.89. The number of hydrogen-bond donors (Lipinski definition) is 1. The van der Waals surface area contributed by atoms with Gasteiger partial charge in [-0.2, -0.15) is 4.31 Å². The van der Waals surface area contributed by atoms with Crippen LogP contribution in [0, 0.1) is 0 Å². The van der Waals surface area contributed by atoms with Crippen molar-refractivity contribution in [3.8, 4) is 0 Å². The summed E-state index contributed by atoms with van der Waals surface area (Å²) in [5.41, 5.74) is 1.02. The summed E-state index contributed by atoms with van der Waals surface area (Å²) in [6.07, 6.45) is 0.492. The molecule has 8 heteroatoms. The lowest BCUT2D eigenvalue weighted by Crippen LogP contribution is -2.57. The minimum absolute atomic E-state index is 0.110. The molecule has 1 aromatic carbocycles. The van der Waals surface area contributed by atoms with Crippen molar-refractivity contribution >= 4 is 21.9 Å². The number of ether oxygens (including phenoxy) is 1. The fourth-order valence-electron chi connectivity index (χ4n) is 2.45. The van der Waals surface area contributed by atoms with Gasteiger partial charge >= 0.3 is 5.97 Å². The van der Waals surface area contributed by atoms with Crippen molar-refractivity contribution in [1.82, 2.24) is 9.62 Å². The number of carbonyl (C=O) groups is 2. The van der Waals surface area contributed by atoms with E-state index >= 15 is 0 Å². The summed E-state index contributed by atoms with van der Waals surface area (Å²) in [4.78, 5) is 23.6. The van der Waals surface area contributed by atoms with Crippen LogP contribution in [-0.4, -0.2) is 50.8 Å². The van der Waals surface area contributed by atoms with E-state index in [4.69, 9.17) is 0 Å². The number of carbonyl (C=O) groups excluding carboxylic acids is 2. The molecule has 126 valence electrons. The zero-order valence-corrected chi connectivity index (χ0v) is 13.9. The summed E-state index contributed by atoms with van der Waals surface area (Å²) in [7, 11) is -2.66. The molecule has 0 spiro atoms. The second-order valence-electron chi connectivity index (χ2n) is 5.20. The second-order valence-corrected chi connectivity index (χ2v) is 7.09. The molecule has 1 amide bonds. The summed E-state index contributed by atoms with van der Waals surface area (Å²) in [5.74, 6) is -1.12. The molecular formula is C15H20N2O5S. The zero-order chi connectivity index (χ0) is 17.0. The zero-order valence-electron chi connectivity index (χ0n) is 13.1. The standard InChI is InChI=1S/C15H20N2O5S/c1-3-11-4-6-12(7-5-11)23(20,21)17-9-8-16-15(19)13(17)10-14(18)22-2/h4-7,13H,3,8-10H2,1-2H3,(H,16,19). The predicted octanol–water partition coefficient (Wildman–Crippen LogP) is 0.301. The number of piperazine rings is 1. The summed E-state index contributed by atoms with van der Waals surface area (Å²) in [6.45, 7) is 2.30. The molecule has 7 nitrogen and oxygen atoms in total. The van der Waals surface area contributed by atoms with Gasteiger partial charge in [0.2, 0.25) is 15.9 Å². The maximum absolute atomic E-state index is 12.8. The first-order chi connectivity index (χ1) is 10.9. The first-order valence-corrected chi connectivity index (χ1v) is 8.79. The van der Waals surface area contributed by atoms with Gasteiger partial charge in [-0.25, -0.2) is 8.42 Å². The number of methoxy groups -OCH3 is 1. The van der Waals surface area contributed by atoms with Gasteiger partial charge in [-0.1, -0.05) is 19.1 Å². The lowest BCUT2D eigenvalue weighted by atomic mass is 10.1. The Kier molecular flexibility index (Phi) is 5.38. The predicted molar refractivity (Wildman–Crippen MR) is 83.1 cm³/mol. The Morgan fingerprint density at radius 2 is 2.00 bits per heavy atom. The molecule has 1 saturated heterocycles. The molecule has 0 bridgehead atoms. The molecular weight excluding hydrogens is 320 g/mol. The molecule has 1 heterocycles. The van der Waals surface area contributed by atoms with Gasteiger partial charge in [0, 0.05) is 13.1 Å². The molecule has 1 unspecified atom stereocenters. The van der Waals surface area contributed by atoms with Crippen LogP contribution in [0.3, 0.4) is 0 Å². The quantitative estimate of drug-likeness (QED) is 0.778. The monoisotopic (exact) mass is 340 g/mol. The van der Waals surface area contributed by atoms with Gasteiger partial charge in [-0.05, 0) is 24.1 Å². The van der Waals surface area contributed by atoms with Gasteiger partial charge in [0.25, 0.3) is 0 Å². The highest BCUT2D eigenvalue weighted by atomic mass is 32.2. The lowest BCUT2D eigenvalue weighted by molar-refractivity contribution is -0.144. The van der Waals surface area contributed by atoms with E-state index in [1.165, 1.54) is 19.2 Å². The van der Waals surface area contributed by atoms with E-state index in [-0.39, 0.29) is 24.4 Å². The number of benzene rings is 1. The number of amides is 1. The average Bonchev–Trinajstić information content (AvgIpc) is 2.56. The van der Waals surface area contributed by atoms with Crippen LogP contribution in [0.2, 0.25) is 0 Å². The van der Waals surface area contributed by atoms with E-state index in [1.54, 1.807) is 12.1 Å². The number of aryl methyl sites for hydroxylation is 1. The molecule has 0 saturated carbocycles. The highest BCUT2D eigenvalue weighted by Crippen LogP contribution is 2.22. The first kappa shape index (κ1) is 17.4. The van der Waals surface area contributed by atoms with Gasteiger partial charge in [-0.15, -0.1) is 0 Å². The minimum Gasteiger partial charge on any atom is -0.469 e. The molecule has 0 aliphatic carbocycles. The lowest BCUT2D eigenvalue weighted by Gasteiger charge is -2.33. The number of nitrogens with zero attached hydrogens (tertiary/aromatic N) is 1. The van der Waals surface area contributed by atoms with E-state index in [0.717, 1.165) is 16.3 Å². The third-order valence-electron chi connectivity index (χ3n) is 3.81. The first-order valence-electron chi connectivity index (χ1n) is 7.35. The Hall–Kier alpha value is -1.93. The molecule has 1 N–H and O–H groups in total. The van der Waals surface area contributed by atoms with Crippen molar-refractivity contribution in [1.29, 1.82) is 0 Å². The molecule has 2 rings (SSSR count). The van der Waals surface area contributed by atoms with Crippen LogP contribution >= 0.6 is 0 Å². The van der Waals surface area contributed by atoms with Crippen LogP contribution in [0.25, 0.3) is 0 Å². The fraction of sp³-hybridized carbons (Fsp3) is 0.467. The molecule has 1 atom stereocenters. The van der Waals surface area contributed by atoms with Crippen molar-refractivity contribution in [3.63, 3.8) is 0 Å². The number of hydrogen-bond acceptors (Lipinski definition) is 5. The van der Waals surface area contributed by atoms with Crippen molar-refractivity contribution in [2.45, 2.75) is 30.7 Å². The van der Waals surface area contributed by atoms with Crippen LogP contribution in [-0.2, 0) is 30.8 Å². The summed E-state index contributed by atoms with van der Waals surface area (Å²) in [6, 6.07) is 5.44. The molecule has 23 heavy (non-hydrogen) atoms. The van der Waals surface area contributed by atoms with Crippen LogP contribution in [0.1, 0.15) is 18.9 Å². The van der Waals surface area contributed by atoms with E-state index in [1.807, 2.05) is 6.92 Å². The van der Waals surface area contributed by atoms with Crippen molar-refractivity contribution in [2.24, 2.45) is 0 Å². The number of sulfonamides is 1. The molecule has 0 radical (unpaired) electrons. The summed E-state index contributed by atoms with van der Waals surface area (Å²) in [5, 5.41) is 2.58. The topological polar surface area (TPSA) is 92.8 Å². The summed E-state index contributed by atoms with van der Waals surface area (Å²) < 4.78 is 31.2. The van der Waals surface area contributed by atoms with E-state index in [9.17, 15) is 18.0 Å². The Morgan fingerprint density at radius 1 is 1.35 bits per heavy atom. The van der Waals surface area contributed by atoms with Crippen LogP contribution in [0.4, 0.5) is 0 Å². The summed E-state index contributed by atoms with van der Waals surface area (Å²) >= 11 is 0. The van der Waals surface area contributed by atoms with Gasteiger partial charge in [0.05, 0.1) is 18.4 Å². The van der Waals surface area contributed by atoms with Gasteiger partial charge in [0.1, 0.15) is 6.04 Å². The largest absolute Gasteiger partial charge is 0.469 e. The van der Waals surface area contributed by atoms with Gasteiger partial charge in [0.15, 0.2) is 0 Å². The van der Waals surface area contributed by atoms with Crippen LogP contribution in [0.15, 0.2) is 29.2 Å². The van der Waals surface area contributed by atoms with E-state index in [2.05, 4.69) is 10.1 Å². The van der Waals surface area contributed by atoms with Gasteiger partial charge in [-0.3, -0.25) is 9.59 Å². The average molecular weight is 340 g/mol. The van der Waals surface area contributed by atoms with Crippen molar-refractivity contribution < 1.29 is 22.7 Å². The van der Waals surface area contributed by atoms with Gasteiger partial charge < -0.3 is 10.1 Å². The molecule has 1 aromatic rings. The number of esters is 1. The third-order valence-corrected chi connectivity index (χ3v) is 5.73. The van der Waals surface area contributed by atoms with Crippen LogP contribution < -0.4 is 5.32 Å². The normalized spacial score (nSPS) is 19.2. The number of nitrogens with one attached hydrogen (secondary N) is 1. The Bertz CT molecular complexity index is 684. The van der Waals surface area contributed by atoms with E-state index in [0.29, 0.717) is 0 Å².